The number of hydrogen-bond acceptors (Lipinski definition) is 5. The van der Waals surface area contributed by atoms with Gasteiger partial charge >= 0.3 is 0 Å². The molecule has 0 aliphatic heterocycles. The van der Waals surface area contributed by atoms with Crippen LogP contribution in [0, 0.1) is 6.92 Å². The second kappa shape index (κ2) is 10.2. The number of carbonyl (C=O) groups is 1. The van der Waals surface area contributed by atoms with Crippen LogP contribution in [-0.2, 0) is 4.79 Å². The predicted octanol–water partition coefficient (Wildman–Crippen LogP) is 6.34. The first-order valence-corrected chi connectivity index (χ1v) is 10.7. The highest BCUT2D eigenvalue weighted by atomic mass is 79.9. The minimum atomic E-state index is -0.438. The summed E-state index contributed by atoms with van der Waals surface area (Å²) in [6, 6.07) is 14.7. The number of amides is 1. The number of ether oxygens (including phenoxy) is 1. The number of nitrogens with one attached hydrogen (secondary N) is 1. The van der Waals surface area contributed by atoms with Gasteiger partial charge in [0, 0.05) is 16.0 Å². The van der Waals surface area contributed by atoms with Crippen molar-refractivity contribution >= 4 is 63.0 Å². The second-order valence-electron chi connectivity index (χ2n) is 5.86. The molecule has 1 N–H and O–H groups in total. The van der Waals surface area contributed by atoms with Crippen molar-refractivity contribution < 1.29 is 13.9 Å². The lowest BCUT2D eigenvalue weighted by Gasteiger charge is -2.06. The maximum absolute atomic E-state index is 11.9. The van der Waals surface area contributed by atoms with Crippen LogP contribution < -0.4 is 10.2 Å². The van der Waals surface area contributed by atoms with Gasteiger partial charge in [-0.3, -0.25) is 4.79 Å². The summed E-state index contributed by atoms with van der Waals surface area (Å²) in [5.74, 6) is 0.420. The van der Waals surface area contributed by atoms with Crippen LogP contribution in [0.1, 0.15) is 11.3 Å². The van der Waals surface area contributed by atoms with E-state index in [1.807, 2.05) is 31.2 Å². The van der Waals surface area contributed by atoms with E-state index in [1.54, 1.807) is 18.2 Å². The fourth-order valence-electron chi connectivity index (χ4n) is 2.15. The maximum Gasteiger partial charge on any atom is 0.277 e. The van der Waals surface area contributed by atoms with Crippen LogP contribution in [0.25, 0.3) is 0 Å². The molecule has 5 nitrogen and oxygen atoms in total. The maximum atomic E-state index is 11.9. The van der Waals surface area contributed by atoms with Crippen molar-refractivity contribution in [3.8, 4) is 5.75 Å². The average Bonchev–Trinajstić information content (AvgIpc) is 3.02. The molecule has 2 aromatic carbocycles. The Balaban J connectivity index is 1.52. The molecule has 1 amide bonds. The fourth-order valence-corrected chi connectivity index (χ4v) is 3.94. The Labute approximate surface area is 190 Å². The number of carbonyl (C=O) groups excluding carboxylic acids is 1. The van der Waals surface area contributed by atoms with Gasteiger partial charge in [-0.05, 0) is 53.2 Å². The molecule has 3 aromatic rings. The van der Waals surface area contributed by atoms with Crippen molar-refractivity contribution in [1.29, 1.82) is 0 Å². The largest absolute Gasteiger partial charge is 0.482 e. The van der Waals surface area contributed by atoms with Gasteiger partial charge in [-0.15, -0.1) is 0 Å². The second-order valence-corrected chi connectivity index (χ2v) is 8.60. The molecule has 29 heavy (non-hydrogen) atoms. The molecule has 0 fully saturated rings. The van der Waals surface area contributed by atoms with Crippen LogP contribution >= 0.6 is 50.9 Å². The molecule has 0 radical (unpaired) electrons. The van der Waals surface area contributed by atoms with E-state index in [0.29, 0.717) is 26.6 Å². The van der Waals surface area contributed by atoms with E-state index in [0.717, 1.165) is 9.37 Å². The number of halogens is 3. The summed E-state index contributed by atoms with van der Waals surface area (Å²) in [7, 11) is 0. The highest BCUT2D eigenvalue weighted by Crippen LogP contribution is 2.35. The molecule has 0 unspecified atom stereocenters. The minimum Gasteiger partial charge on any atom is -0.482 e. The van der Waals surface area contributed by atoms with E-state index in [1.165, 1.54) is 29.6 Å². The molecule has 3 rings (SSSR count). The van der Waals surface area contributed by atoms with Gasteiger partial charge in [-0.1, -0.05) is 52.7 Å². The van der Waals surface area contributed by atoms with Gasteiger partial charge in [0.25, 0.3) is 5.91 Å². The molecule has 9 heteroatoms. The lowest BCUT2D eigenvalue weighted by atomic mass is 10.2. The number of nitrogens with zero attached hydrogens (tertiary/aromatic N) is 1. The summed E-state index contributed by atoms with van der Waals surface area (Å²) < 4.78 is 11.9. The lowest BCUT2D eigenvalue weighted by molar-refractivity contribution is -0.123. The zero-order chi connectivity index (χ0) is 20.8. The number of hydrazone groups is 1. The van der Waals surface area contributed by atoms with Gasteiger partial charge in [-0.2, -0.15) is 5.10 Å². The molecule has 1 aromatic heterocycles. The zero-order valence-corrected chi connectivity index (χ0v) is 19.0. The summed E-state index contributed by atoms with van der Waals surface area (Å²) in [4.78, 5) is 12.9. The van der Waals surface area contributed by atoms with Crippen molar-refractivity contribution in [1.82, 2.24) is 5.43 Å². The highest BCUT2D eigenvalue weighted by molar-refractivity contribution is 9.10. The van der Waals surface area contributed by atoms with Gasteiger partial charge in [0.1, 0.15) is 11.5 Å². The van der Waals surface area contributed by atoms with Crippen LogP contribution in [0.4, 0.5) is 0 Å². The van der Waals surface area contributed by atoms with Crippen LogP contribution in [-0.4, -0.2) is 18.7 Å². The predicted molar refractivity (Wildman–Crippen MR) is 119 cm³/mol. The van der Waals surface area contributed by atoms with Crippen molar-refractivity contribution in [2.45, 2.75) is 16.9 Å². The Bertz CT molecular complexity index is 1040. The highest BCUT2D eigenvalue weighted by Gasteiger charge is 2.10. The zero-order valence-electron chi connectivity index (χ0n) is 15.1. The van der Waals surface area contributed by atoms with Gasteiger partial charge < -0.3 is 9.15 Å². The summed E-state index contributed by atoms with van der Waals surface area (Å²) in [6.45, 7) is 1.80. The van der Waals surface area contributed by atoms with Crippen molar-refractivity contribution in [3.63, 3.8) is 0 Å². The normalized spacial score (nSPS) is 11.0. The molecular formula is C20H15BrCl2N2O3S. The first-order chi connectivity index (χ1) is 13.9. The molecule has 0 bridgehead atoms. The van der Waals surface area contributed by atoms with Crippen molar-refractivity contribution in [2.24, 2.45) is 5.10 Å². The summed E-state index contributed by atoms with van der Waals surface area (Å²) in [5, 5.41) is 5.39. The van der Waals surface area contributed by atoms with Crippen LogP contribution in [0.2, 0.25) is 10.0 Å². The van der Waals surface area contributed by atoms with Crippen molar-refractivity contribution in [2.75, 3.05) is 6.61 Å². The molecular weight excluding hydrogens is 499 g/mol. The van der Waals surface area contributed by atoms with Crippen LogP contribution in [0.3, 0.4) is 0 Å². The Kier molecular flexibility index (Phi) is 7.66. The summed E-state index contributed by atoms with van der Waals surface area (Å²) in [6.07, 6.45) is 1.41. The standard InChI is InChI=1S/C20H15BrCl2N2O3S/c1-12-2-5-15(6-3-12)29-20-16(21)9-14(28-20)10-24-25-19(26)11-27-18-7-4-13(22)8-17(18)23/h2-10H,11H2,1H3,(H,25,26)/b24-10+. The SMILES string of the molecule is Cc1ccc(Sc2oc(/C=N/NC(=O)COc3ccc(Cl)cc3Cl)cc2Br)cc1. The average molecular weight is 514 g/mol. The molecule has 0 spiro atoms. The van der Waals surface area contributed by atoms with E-state index in [2.05, 4.69) is 26.5 Å². The van der Waals surface area contributed by atoms with Gasteiger partial charge in [0.15, 0.2) is 11.7 Å². The van der Waals surface area contributed by atoms with E-state index < -0.39 is 5.91 Å². The number of furan rings is 1. The first kappa shape index (κ1) is 21.8. The molecule has 0 saturated carbocycles. The van der Waals surface area contributed by atoms with Crippen molar-refractivity contribution in [3.05, 3.63) is 74.4 Å². The minimum absolute atomic E-state index is 0.241. The first-order valence-electron chi connectivity index (χ1n) is 8.34. The number of hydrogen-bond donors (Lipinski definition) is 1. The quantitative estimate of drug-likeness (QED) is 0.296. The number of aryl methyl sites for hydroxylation is 1. The fraction of sp³-hybridized carbons (Fsp3) is 0.100. The molecule has 0 aliphatic rings. The van der Waals surface area contributed by atoms with Gasteiger partial charge in [0.2, 0.25) is 0 Å². The Morgan fingerprint density at radius 2 is 2.00 bits per heavy atom. The van der Waals surface area contributed by atoms with Gasteiger partial charge in [-0.25, -0.2) is 5.43 Å². The Hall–Kier alpha value is -1.93. The number of benzene rings is 2. The van der Waals surface area contributed by atoms with E-state index >= 15 is 0 Å². The topological polar surface area (TPSA) is 63.8 Å². The summed E-state index contributed by atoms with van der Waals surface area (Å²) in [5.41, 5.74) is 3.56. The number of rotatable bonds is 7. The van der Waals surface area contributed by atoms with E-state index in [9.17, 15) is 4.79 Å². The van der Waals surface area contributed by atoms with Gasteiger partial charge in [0.05, 0.1) is 15.7 Å². The Morgan fingerprint density at radius 1 is 1.24 bits per heavy atom. The van der Waals surface area contributed by atoms with Crippen LogP contribution in [0.5, 0.6) is 5.75 Å². The lowest BCUT2D eigenvalue weighted by Crippen LogP contribution is -2.24. The molecule has 1 heterocycles. The third-order valence-electron chi connectivity index (χ3n) is 3.54. The summed E-state index contributed by atoms with van der Waals surface area (Å²) >= 11 is 16.8. The van der Waals surface area contributed by atoms with Crippen LogP contribution in [0.15, 0.2) is 72.5 Å². The third-order valence-corrected chi connectivity index (χ3v) is 5.92. The smallest absolute Gasteiger partial charge is 0.277 e. The third kappa shape index (κ3) is 6.54. The molecule has 0 aliphatic carbocycles. The van der Waals surface area contributed by atoms with E-state index in [4.69, 9.17) is 32.4 Å². The monoisotopic (exact) mass is 512 g/mol. The van der Waals surface area contributed by atoms with E-state index in [-0.39, 0.29) is 6.61 Å². The Morgan fingerprint density at radius 3 is 2.72 bits per heavy atom. The molecule has 0 saturated heterocycles. The molecule has 0 atom stereocenters. The molecule has 150 valence electrons.